The highest BCUT2D eigenvalue weighted by Crippen LogP contribution is 2.19. The van der Waals surface area contributed by atoms with Gasteiger partial charge in [0, 0.05) is 34.8 Å². The first-order chi connectivity index (χ1) is 15.0. The number of carbonyl (C=O) groups is 2. The van der Waals surface area contributed by atoms with Gasteiger partial charge in [-0.3, -0.25) is 9.59 Å². The summed E-state index contributed by atoms with van der Waals surface area (Å²) in [6.07, 6.45) is 1.56. The van der Waals surface area contributed by atoms with Crippen LogP contribution in [0.15, 0.2) is 71.2 Å². The number of nitrogens with zero attached hydrogens (tertiary/aromatic N) is 1. The maximum absolute atomic E-state index is 12.6. The van der Waals surface area contributed by atoms with E-state index in [0.29, 0.717) is 5.56 Å². The summed E-state index contributed by atoms with van der Waals surface area (Å²) >= 11 is 3.41. The Morgan fingerprint density at radius 3 is 2.48 bits per heavy atom. The van der Waals surface area contributed by atoms with Gasteiger partial charge < -0.3 is 15.6 Å². The molecule has 0 atom stereocenters. The Bertz CT molecular complexity index is 1250. The normalized spacial score (nSPS) is 10.8. The summed E-state index contributed by atoms with van der Waals surface area (Å²) in [5, 5.41) is 5.67. The molecule has 0 radical (unpaired) electrons. The number of hydrogen-bond acceptors (Lipinski definition) is 3. The lowest BCUT2D eigenvalue weighted by molar-refractivity contribution is -0.114. The van der Waals surface area contributed by atoms with E-state index in [2.05, 4.69) is 36.5 Å². The van der Waals surface area contributed by atoms with Crippen LogP contribution in [0.2, 0.25) is 0 Å². The molecule has 0 unspecified atom stereocenters. The Labute approximate surface area is 188 Å². The van der Waals surface area contributed by atoms with Crippen molar-refractivity contribution in [3.8, 4) is 0 Å². The summed E-state index contributed by atoms with van der Waals surface area (Å²) < 4.78 is 0.906. The van der Waals surface area contributed by atoms with Gasteiger partial charge in [0.15, 0.2) is 0 Å². The Morgan fingerprint density at radius 2 is 1.74 bits per heavy atom. The van der Waals surface area contributed by atoms with Gasteiger partial charge in [-0.25, -0.2) is 4.98 Å². The molecule has 31 heavy (non-hydrogen) atoms. The molecule has 156 valence electrons. The van der Waals surface area contributed by atoms with E-state index in [0.717, 1.165) is 51.1 Å². The number of anilines is 2. The van der Waals surface area contributed by atoms with Crippen molar-refractivity contribution in [1.82, 2.24) is 9.97 Å². The number of aryl methyl sites for hydroxylation is 2. The first-order valence-corrected chi connectivity index (χ1v) is 10.7. The molecule has 4 rings (SSSR count). The molecule has 6 nitrogen and oxygen atoms in total. The summed E-state index contributed by atoms with van der Waals surface area (Å²) in [6, 6.07) is 20.7. The minimum absolute atomic E-state index is 0.0836. The molecular weight excluding hydrogens is 456 g/mol. The highest BCUT2D eigenvalue weighted by Gasteiger charge is 2.10. The molecule has 0 aliphatic rings. The second-order valence-electron chi connectivity index (χ2n) is 7.26. The van der Waals surface area contributed by atoms with Gasteiger partial charge in [-0.2, -0.15) is 0 Å². The van der Waals surface area contributed by atoms with Crippen LogP contribution < -0.4 is 10.6 Å². The average Bonchev–Trinajstić information content (AvgIpc) is 3.15. The van der Waals surface area contributed by atoms with Crippen LogP contribution in [0, 0.1) is 0 Å². The van der Waals surface area contributed by atoms with Gasteiger partial charge in [0.2, 0.25) is 5.91 Å². The number of rotatable bonds is 6. The Hall–Kier alpha value is -3.45. The summed E-state index contributed by atoms with van der Waals surface area (Å²) in [5.74, 6) is 0.612. The number of amides is 2. The van der Waals surface area contributed by atoms with Crippen LogP contribution in [0.5, 0.6) is 0 Å². The fraction of sp³-hybridized carbons (Fsp3) is 0.125. The van der Waals surface area contributed by atoms with Crippen molar-refractivity contribution in [3.63, 3.8) is 0 Å². The fourth-order valence-corrected chi connectivity index (χ4v) is 3.71. The van der Waals surface area contributed by atoms with E-state index in [-0.39, 0.29) is 11.8 Å². The van der Waals surface area contributed by atoms with Crippen LogP contribution in [-0.4, -0.2) is 21.8 Å². The fourth-order valence-electron chi connectivity index (χ4n) is 3.31. The van der Waals surface area contributed by atoms with Crippen molar-refractivity contribution >= 4 is 50.2 Å². The van der Waals surface area contributed by atoms with E-state index >= 15 is 0 Å². The number of halogens is 1. The maximum atomic E-state index is 12.6. The predicted octanol–water partition coefficient (Wildman–Crippen LogP) is 5.32. The zero-order valence-corrected chi connectivity index (χ0v) is 18.5. The van der Waals surface area contributed by atoms with Crippen LogP contribution in [-0.2, 0) is 17.6 Å². The lowest BCUT2D eigenvalue weighted by atomic mass is 10.1. The van der Waals surface area contributed by atoms with Gasteiger partial charge in [-0.1, -0.05) is 34.1 Å². The molecule has 3 N–H and O–H groups in total. The predicted molar refractivity (Wildman–Crippen MR) is 126 cm³/mol. The van der Waals surface area contributed by atoms with Crippen LogP contribution in [0.3, 0.4) is 0 Å². The maximum Gasteiger partial charge on any atom is 0.255 e. The zero-order valence-electron chi connectivity index (χ0n) is 16.9. The largest absolute Gasteiger partial charge is 0.342 e. The molecule has 3 aromatic carbocycles. The standard InChI is InChI=1S/C24H21BrN4O2/c1-15(30)26-19-9-5-16(6-10-19)7-12-23-28-21-11-8-17(13-22(21)29-23)24(31)27-20-4-2-3-18(25)14-20/h2-6,8-11,13-14H,7,12H2,1H3,(H,26,30)(H,27,31)(H,28,29). The lowest BCUT2D eigenvalue weighted by Gasteiger charge is -2.05. The minimum atomic E-state index is -0.171. The molecule has 0 saturated heterocycles. The summed E-state index contributed by atoms with van der Waals surface area (Å²) in [5.41, 5.74) is 4.90. The third-order valence-corrected chi connectivity index (χ3v) is 5.29. The average molecular weight is 477 g/mol. The van der Waals surface area contributed by atoms with E-state index in [1.54, 1.807) is 6.07 Å². The van der Waals surface area contributed by atoms with Crippen LogP contribution >= 0.6 is 15.9 Å². The Kier molecular flexibility index (Phi) is 6.13. The van der Waals surface area contributed by atoms with Gasteiger partial charge in [0.1, 0.15) is 5.82 Å². The molecule has 0 fully saturated rings. The Balaban J connectivity index is 1.42. The molecule has 4 aromatic rings. The molecule has 7 heteroatoms. The number of fused-ring (bicyclic) bond motifs is 1. The zero-order chi connectivity index (χ0) is 21.8. The molecule has 0 saturated carbocycles. The SMILES string of the molecule is CC(=O)Nc1ccc(CCc2nc3ccc(C(=O)Nc4cccc(Br)c4)cc3[nH]2)cc1. The highest BCUT2D eigenvalue weighted by molar-refractivity contribution is 9.10. The number of hydrogen-bond donors (Lipinski definition) is 3. The van der Waals surface area contributed by atoms with Crippen LogP contribution in [0.1, 0.15) is 28.7 Å². The third kappa shape index (κ3) is 5.38. The molecule has 2 amide bonds. The Morgan fingerprint density at radius 1 is 0.935 bits per heavy atom. The van der Waals surface area contributed by atoms with Crippen LogP contribution in [0.4, 0.5) is 11.4 Å². The number of nitrogens with one attached hydrogen (secondary N) is 3. The molecule has 0 aliphatic heterocycles. The monoisotopic (exact) mass is 476 g/mol. The van der Waals surface area contributed by atoms with E-state index < -0.39 is 0 Å². The second kappa shape index (κ2) is 9.14. The minimum Gasteiger partial charge on any atom is -0.342 e. The van der Waals surface area contributed by atoms with Crippen molar-refractivity contribution in [1.29, 1.82) is 0 Å². The van der Waals surface area contributed by atoms with Crippen LogP contribution in [0.25, 0.3) is 11.0 Å². The summed E-state index contributed by atoms with van der Waals surface area (Å²) in [4.78, 5) is 31.7. The molecule has 0 bridgehead atoms. The molecule has 1 aromatic heterocycles. The topological polar surface area (TPSA) is 86.9 Å². The first kappa shape index (κ1) is 20.8. The second-order valence-corrected chi connectivity index (χ2v) is 8.17. The summed E-state index contributed by atoms with van der Waals surface area (Å²) in [7, 11) is 0. The van der Waals surface area contributed by atoms with Gasteiger partial charge in [-0.05, 0) is 60.5 Å². The van der Waals surface area contributed by atoms with Crippen molar-refractivity contribution in [2.24, 2.45) is 0 Å². The van der Waals surface area contributed by atoms with Crippen molar-refractivity contribution in [2.45, 2.75) is 19.8 Å². The molecule has 0 aliphatic carbocycles. The number of carbonyl (C=O) groups excluding carboxylic acids is 2. The van der Waals surface area contributed by atoms with E-state index in [9.17, 15) is 9.59 Å². The van der Waals surface area contributed by atoms with Gasteiger partial charge in [-0.15, -0.1) is 0 Å². The van der Waals surface area contributed by atoms with Crippen molar-refractivity contribution < 1.29 is 9.59 Å². The van der Waals surface area contributed by atoms with Crippen molar-refractivity contribution in [2.75, 3.05) is 10.6 Å². The van der Waals surface area contributed by atoms with E-state index in [1.165, 1.54) is 6.92 Å². The quantitative estimate of drug-likeness (QED) is 0.351. The van der Waals surface area contributed by atoms with E-state index in [4.69, 9.17) is 0 Å². The number of imidazole rings is 1. The lowest BCUT2D eigenvalue weighted by Crippen LogP contribution is -2.11. The molecule has 1 heterocycles. The summed E-state index contributed by atoms with van der Waals surface area (Å²) in [6.45, 7) is 1.49. The number of benzene rings is 3. The number of aromatic amines is 1. The van der Waals surface area contributed by atoms with E-state index in [1.807, 2.05) is 60.7 Å². The van der Waals surface area contributed by atoms with Crippen molar-refractivity contribution in [3.05, 3.63) is 88.2 Å². The smallest absolute Gasteiger partial charge is 0.255 e. The first-order valence-electron chi connectivity index (χ1n) is 9.88. The van der Waals surface area contributed by atoms with Gasteiger partial charge in [0.05, 0.1) is 11.0 Å². The number of aromatic nitrogens is 2. The third-order valence-electron chi connectivity index (χ3n) is 4.80. The van der Waals surface area contributed by atoms with Gasteiger partial charge >= 0.3 is 0 Å². The number of H-pyrrole nitrogens is 1. The molecule has 0 spiro atoms. The van der Waals surface area contributed by atoms with Gasteiger partial charge in [0.25, 0.3) is 5.91 Å². The highest BCUT2D eigenvalue weighted by atomic mass is 79.9. The molecular formula is C24H21BrN4O2.